The van der Waals surface area contributed by atoms with Gasteiger partial charge in [-0.05, 0) is 5.56 Å². The molecule has 0 saturated carbocycles. The van der Waals surface area contributed by atoms with Crippen LogP contribution in [0.15, 0.2) is 29.1 Å². The molecule has 0 bridgehead atoms. The highest BCUT2D eigenvalue weighted by Crippen LogP contribution is 2.28. The number of Topliss-reactive ketones (excluding diaryl/α,β-unsaturated/α-hetero) is 1. The number of ketones is 1. The van der Waals surface area contributed by atoms with E-state index < -0.39 is 35.3 Å². The number of carbonyl (C=O) groups is 3. The third-order valence-electron chi connectivity index (χ3n) is 4.96. The summed E-state index contributed by atoms with van der Waals surface area (Å²) in [5.41, 5.74) is 0.952. The van der Waals surface area contributed by atoms with Crippen molar-refractivity contribution < 1.29 is 29.3 Å². The maximum atomic E-state index is 13.1. The van der Waals surface area contributed by atoms with E-state index in [1.165, 1.54) is 4.57 Å². The van der Waals surface area contributed by atoms with Crippen molar-refractivity contribution in [1.29, 1.82) is 0 Å². The zero-order valence-electron chi connectivity index (χ0n) is 16.4. The third kappa shape index (κ3) is 4.25. The van der Waals surface area contributed by atoms with E-state index >= 15 is 0 Å². The van der Waals surface area contributed by atoms with E-state index in [4.69, 9.17) is 9.84 Å². The monoisotopic (exact) mass is 414 g/mol. The van der Waals surface area contributed by atoms with E-state index in [0.717, 1.165) is 5.56 Å². The van der Waals surface area contributed by atoms with E-state index in [-0.39, 0.29) is 18.9 Å². The molecule has 3 rings (SSSR count). The van der Waals surface area contributed by atoms with Crippen molar-refractivity contribution >= 4 is 17.7 Å². The topological polar surface area (TPSA) is 135 Å². The molecule has 0 aliphatic carbocycles. The van der Waals surface area contributed by atoms with Crippen LogP contribution in [0.4, 0.5) is 0 Å². The second kappa shape index (κ2) is 8.91. The number of aromatic nitrogens is 1. The number of carboxylic acids is 1. The number of hydrogen-bond acceptors (Lipinski definition) is 6. The summed E-state index contributed by atoms with van der Waals surface area (Å²) in [6.45, 7) is 1.62. The van der Waals surface area contributed by atoms with Crippen LogP contribution in [0.2, 0.25) is 0 Å². The van der Waals surface area contributed by atoms with E-state index in [9.17, 15) is 24.3 Å². The van der Waals surface area contributed by atoms with Gasteiger partial charge in [0.15, 0.2) is 5.78 Å². The smallest absolute Gasteiger partial charge is 0.322 e. The predicted molar refractivity (Wildman–Crippen MR) is 106 cm³/mol. The van der Waals surface area contributed by atoms with Gasteiger partial charge in [-0.25, -0.2) is 0 Å². The minimum atomic E-state index is -1.27. The summed E-state index contributed by atoms with van der Waals surface area (Å²) < 4.78 is 6.78. The Morgan fingerprint density at radius 3 is 2.53 bits per heavy atom. The predicted octanol–water partition coefficient (Wildman–Crippen LogP) is 1.08. The van der Waals surface area contributed by atoms with Gasteiger partial charge in [0.25, 0.3) is 11.5 Å². The van der Waals surface area contributed by atoms with Gasteiger partial charge in [-0.1, -0.05) is 31.2 Å². The molecule has 3 N–H and O–H groups in total. The number of hydrogen-bond donors (Lipinski definition) is 3. The van der Waals surface area contributed by atoms with Gasteiger partial charge in [0.2, 0.25) is 0 Å². The number of amides is 1. The first-order valence-corrected chi connectivity index (χ1v) is 9.50. The molecule has 0 saturated heterocycles. The molecule has 1 aliphatic heterocycles. The maximum absolute atomic E-state index is 13.1. The van der Waals surface area contributed by atoms with Crippen LogP contribution in [0.25, 0.3) is 0 Å². The SMILES string of the molecule is CCC(=O)c1ccc(Cn2c3c(c(O)c(C(=O)NCC(=O)O)c2=O)CCOC3)cc1. The van der Waals surface area contributed by atoms with Crippen LogP contribution in [0, 0.1) is 0 Å². The molecule has 0 spiro atoms. The van der Waals surface area contributed by atoms with E-state index in [1.54, 1.807) is 31.2 Å². The standard InChI is InChI=1S/C21H22N2O7/c1-2-16(24)13-5-3-12(4-6-13)10-23-15-11-30-8-7-14(15)19(27)18(21(23)29)20(28)22-9-17(25)26/h3-6,27H,2,7-11H2,1H3,(H,22,28)(H,25,26). The number of rotatable bonds is 7. The van der Waals surface area contributed by atoms with Gasteiger partial charge in [-0.15, -0.1) is 0 Å². The molecule has 1 aromatic carbocycles. The highest BCUT2D eigenvalue weighted by molar-refractivity contribution is 5.98. The Bertz CT molecular complexity index is 1050. The largest absolute Gasteiger partial charge is 0.507 e. The molecular formula is C21H22N2O7. The van der Waals surface area contributed by atoms with Gasteiger partial charge in [0.05, 0.1) is 25.5 Å². The van der Waals surface area contributed by atoms with Gasteiger partial charge in [-0.2, -0.15) is 0 Å². The fourth-order valence-corrected chi connectivity index (χ4v) is 3.38. The first-order chi connectivity index (χ1) is 14.3. The van der Waals surface area contributed by atoms with Crippen molar-refractivity contribution in [1.82, 2.24) is 9.88 Å². The van der Waals surface area contributed by atoms with Crippen LogP contribution < -0.4 is 10.9 Å². The summed E-state index contributed by atoms with van der Waals surface area (Å²) in [5, 5.41) is 21.4. The quantitative estimate of drug-likeness (QED) is 0.577. The highest BCUT2D eigenvalue weighted by Gasteiger charge is 2.27. The highest BCUT2D eigenvalue weighted by atomic mass is 16.5. The zero-order valence-corrected chi connectivity index (χ0v) is 16.4. The molecule has 0 fully saturated rings. The lowest BCUT2D eigenvalue weighted by molar-refractivity contribution is -0.135. The van der Waals surface area contributed by atoms with Crippen LogP contribution in [0.1, 0.15) is 50.9 Å². The molecule has 1 amide bonds. The Morgan fingerprint density at radius 1 is 1.20 bits per heavy atom. The molecule has 1 aliphatic rings. The van der Waals surface area contributed by atoms with E-state index in [2.05, 4.69) is 5.32 Å². The number of nitrogens with zero attached hydrogens (tertiary/aromatic N) is 1. The Hall–Kier alpha value is -3.46. The molecule has 30 heavy (non-hydrogen) atoms. The van der Waals surface area contributed by atoms with E-state index in [1.807, 2.05) is 0 Å². The molecule has 9 nitrogen and oxygen atoms in total. The number of aliphatic carboxylic acids is 1. The Balaban J connectivity index is 2.03. The minimum Gasteiger partial charge on any atom is -0.507 e. The summed E-state index contributed by atoms with van der Waals surface area (Å²) in [5.74, 6) is -2.66. The number of nitrogens with one attached hydrogen (secondary N) is 1. The number of benzene rings is 1. The van der Waals surface area contributed by atoms with Crippen LogP contribution in [-0.2, 0) is 29.1 Å². The maximum Gasteiger partial charge on any atom is 0.322 e. The molecule has 0 radical (unpaired) electrons. The average molecular weight is 414 g/mol. The Morgan fingerprint density at radius 2 is 1.90 bits per heavy atom. The van der Waals surface area contributed by atoms with Crippen LogP contribution >= 0.6 is 0 Å². The second-order valence-corrected chi connectivity index (χ2v) is 6.89. The van der Waals surface area contributed by atoms with Crippen molar-refractivity contribution in [2.24, 2.45) is 0 Å². The lowest BCUT2D eigenvalue weighted by Crippen LogP contribution is -2.38. The molecule has 9 heteroatoms. The minimum absolute atomic E-state index is 0.00603. The number of carboxylic acid groups (broad SMARTS) is 1. The van der Waals surface area contributed by atoms with Gasteiger partial charge in [0.1, 0.15) is 17.9 Å². The third-order valence-corrected chi connectivity index (χ3v) is 4.96. The molecular weight excluding hydrogens is 392 g/mol. The van der Waals surface area contributed by atoms with Crippen molar-refractivity contribution in [2.75, 3.05) is 13.2 Å². The molecule has 0 atom stereocenters. The summed E-state index contributed by atoms with van der Waals surface area (Å²) >= 11 is 0. The number of ether oxygens (including phenoxy) is 1. The summed E-state index contributed by atoms with van der Waals surface area (Å²) in [7, 11) is 0. The Kier molecular flexibility index (Phi) is 6.31. The first-order valence-electron chi connectivity index (χ1n) is 9.50. The summed E-state index contributed by atoms with van der Waals surface area (Å²) in [4.78, 5) is 48.0. The van der Waals surface area contributed by atoms with Crippen molar-refractivity contribution in [3.8, 4) is 5.75 Å². The first kappa shape index (κ1) is 21.3. The van der Waals surface area contributed by atoms with Crippen LogP contribution in [-0.4, -0.2) is 45.6 Å². The van der Waals surface area contributed by atoms with Gasteiger partial charge in [-0.3, -0.25) is 19.2 Å². The zero-order chi connectivity index (χ0) is 21.8. The number of carbonyl (C=O) groups excluding carboxylic acids is 2. The van der Waals surface area contributed by atoms with Crippen molar-refractivity contribution in [3.05, 3.63) is 62.6 Å². The lowest BCUT2D eigenvalue weighted by atomic mass is 10.0. The molecule has 2 aromatic rings. The van der Waals surface area contributed by atoms with Crippen LogP contribution in [0.5, 0.6) is 5.75 Å². The molecule has 2 heterocycles. The number of aromatic hydroxyl groups is 1. The molecule has 158 valence electrons. The van der Waals surface area contributed by atoms with E-state index in [0.29, 0.717) is 36.3 Å². The lowest BCUT2D eigenvalue weighted by Gasteiger charge is -2.24. The molecule has 1 aromatic heterocycles. The van der Waals surface area contributed by atoms with Gasteiger partial charge in [0, 0.05) is 24.0 Å². The average Bonchev–Trinajstić information content (AvgIpc) is 2.75. The summed E-state index contributed by atoms with van der Waals surface area (Å²) in [6, 6.07) is 6.80. The second-order valence-electron chi connectivity index (χ2n) is 6.89. The van der Waals surface area contributed by atoms with Gasteiger partial charge < -0.3 is 24.8 Å². The Labute approximate surface area is 171 Å². The fourth-order valence-electron chi connectivity index (χ4n) is 3.38. The number of pyridine rings is 1. The number of fused-ring (bicyclic) bond motifs is 1. The normalized spacial score (nSPS) is 12.8. The van der Waals surface area contributed by atoms with Crippen molar-refractivity contribution in [3.63, 3.8) is 0 Å². The van der Waals surface area contributed by atoms with Crippen LogP contribution in [0.3, 0.4) is 0 Å². The van der Waals surface area contributed by atoms with Crippen molar-refractivity contribution in [2.45, 2.75) is 32.9 Å². The molecule has 0 unspecified atom stereocenters. The fraction of sp³-hybridized carbons (Fsp3) is 0.333. The van der Waals surface area contributed by atoms with Gasteiger partial charge >= 0.3 is 5.97 Å². The summed E-state index contributed by atoms with van der Waals surface area (Å²) in [6.07, 6.45) is 0.695.